The van der Waals surface area contributed by atoms with Crippen LogP contribution in [-0.2, 0) is 4.74 Å². The van der Waals surface area contributed by atoms with E-state index >= 15 is 0 Å². The fraction of sp³-hybridized carbons (Fsp3) is 0.667. The van der Waals surface area contributed by atoms with Crippen LogP contribution in [0.2, 0.25) is 0 Å². The first kappa shape index (κ1) is 9.12. The third kappa shape index (κ3) is 1.90. The Morgan fingerprint density at radius 3 is 3.31 bits per heavy atom. The van der Waals surface area contributed by atoms with Crippen LogP contribution in [0.5, 0.6) is 0 Å². The van der Waals surface area contributed by atoms with E-state index in [2.05, 4.69) is 10.3 Å². The summed E-state index contributed by atoms with van der Waals surface area (Å²) in [5.41, 5.74) is 0. The van der Waals surface area contributed by atoms with Crippen LogP contribution in [-0.4, -0.2) is 31.3 Å². The van der Waals surface area contributed by atoms with Crippen LogP contribution in [0.4, 0.5) is 0 Å². The van der Waals surface area contributed by atoms with Crippen molar-refractivity contribution in [3.63, 3.8) is 0 Å². The van der Waals surface area contributed by atoms with Gasteiger partial charge in [-0.25, -0.2) is 4.98 Å². The molecule has 1 fully saturated rings. The molecule has 0 bridgehead atoms. The van der Waals surface area contributed by atoms with Crippen LogP contribution in [0.25, 0.3) is 0 Å². The predicted octanol–water partition coefficient (Wildman–Crippen LogP) is 1.23. The van der Waals surface area contributed by atoms with E-state index in [1.807, 2.05) is 11.6 Å². The summed E-state index contributed by atoms with van der Waals surface area (Å²) in [5, 5.41) is 6.59. The number of nitrogens with zero attached hydrogens (tertiary/aromatic N) is 1. The summed E-state index contributed by atoms with van der Waals surface area (Å²) in [6.45, 7) is 2.05. The number of rotatable bonds is 2. The van der Waals surface area contributed by atoms with Gasteiger partial charge in [0.15, 0.2) is 0 Å². The van der Waals surface area contributed by atoms with Gasteiger partial charge in [0.25, 0.3) is 0 Å². The molecule has 1 N–H and O–H groups in total. The largest absolute Gasteiger partial charge is 0.381 e. The number of nitrogens with one attached hydrogen (secondary N) is 1. The monoisotopic (exact) mass is 198 g/mol. The maximum atomic E-state index is 5.45. The van der Waals surface area contributed by atoms with Gasteiger partial charge < -0.3 is 10.1 Å². The molecule has 1 aliphatic heterocycles. The van der Waals surface area contributed by atoms with Crippen molar-refractivity contribution in [1.82, 2.24) is 10.3 Å². The van der Waals surface area contributed by atoms with Gasteiger partial charge in [0.2, 0.25) is 0 Å². The minimum Gasteiger partial charge on any atom is -0.381 e. The minimum absolute atomic E-state index is 0.340. The zero-order valence-corrected chi connectivity index (χ0v) is 8.51. The Hall–Kier alpha value is -0.450. The molecule has 3 nitrogen and oxygen atoms in total. The van der Waals surface area contributed by atoms with Crippen LogP contribution < -0.4 is 5.32 Å². The van der Waals surface area contributed by atoms with Gasteiger partial charge in [0.1, 0.15) is 0 Å². The molecule has 1 saturated heterocycles. The molecule has 13 heavy (non-hydrogen) atoms. The SMILES string of the molecule is COC1CCNCC1c1nccs1. The van der Waals surface area contributed by atoms with Crippen LogP contribution >= 0.6 is 11.3 Å². The molecule has 2 atom stereocenters. The fourth-order valence-electron chi connectivity index (χ4n) is 1.78. The summed E-state index contributed by atoms with van der Waals surface area (Å²) < 4.78 is 5.45. The second kappa shape index (κ2) is 4.17. The molecule has 0 aromatic carbocycles. The molecule has 4 heteroatoms. The van der Waals surface area contributed by atoms with Crippen molar-refractivity contribution in [1.29, 1.82) is 0 Å². The number of hydrogen-bond acceptors (Lipinski definition) is 4. The topological polar surface area (TPSA) is 34.1 Å². The third-order valence-electron chi connectivity index (χ3n) is 2.49. The number of ether oxygens (including phenoxy) is 1. The number of thiazole rings is 1. The lowest BCUT2D eigenvalue weighted by atomic mass is 9.97. The number of hydrogen-bond donors (Lipinski definition) is 1. The summed E-state index contributed by atoms with van der Waals surface area (Å²) in [6, 6.07) is 0. The summed E-state index contributed by atoms with van der Waals surface area (Å²) in [4.78, 5) is 4.34. The van der Waals surface area contributed by atoms with Crippen molar-refractivity contribution in [2.24, 2.45) is 0 Å². The maximum absolute atomic E-state index is 5.45. The van der Waals surface area contributed by atoms with Gasteiger partial charge in [-0.1, -0.05) is 0 Å². The zero-order chi connectivity index (χ0) is 9.10. The average Bonchev–Trinajstić information content (AvgIpc) is 2.70. The van der Waals surface area contributed by atoms with Crippen LogP contribution in [0.1, 0.15) is 17.3 Å². The van der Waals surface area contributed by atoms with Crippen molar-refractivity contribution in [2.75, 3.05) is 20.2 Å². The Balaban J connectivity index is 2.11. The quantitative estimate of drug-likeness (QED) is 0.776. The van der Waals surface area contributed by atoms with E-state index in [-0.39, 0.29) is 0 Å². The lowest BCUT2D eigenvalue weighted by Gasteiger charge is -2.29. The highest BCUT2D eigenvalue weighted by Crippen LogP contribution is 2.26. The van der Waals surface area contributed by atoms with Gasteiger partial charge in [-0.3, -0.25) is 0 Å². The summed E-state index contributed by atoms with van der Waals surface area (Å²) >= 11 is 1.72. The lowest BCUT2D eigenvalue weighted by molar-refractivity contribution is 0.0585. The molecular formula is C9H14N2OS. The third-order valence-corrected chi connectivity index (χ3v) is 3.40. The van der Waals surface area contributed by atoms with Crippen LogP contribution in [0.15, 0.2) is 11.6 Å². The Kier molecular flexibility index (Phi) is 2.93. The Morgan fingerprint density at radius 2 is 2.62 bits per heavy atom. The standard InChI is InChI=1S/C9H14N2OS/c1-12-8-2-3-10-6-7(8)9-11-4-5-13-9/h4-5,7-8,10H,2-3,6H2,1H3. The second-order valence-electron chi connectivity index (χ2n) is 3.24. The van der Waals surface area contributed by atoms with Gasteiger partial charge in [-0.15, -0.1) is 11.3 Å². The highest BCUT2D eigenvalue weighted by molar-refractivity contribution is 7.09. The molecule has 72 valence electrons. The summed E-state index contributed by atoms with van der Waals surface area (Å²) in [6.07, 6.45) is 3.29. The van der Waals surface area contributed by atoms with Crippen molar-refractivity contribution < 1.29 is 4.74 Å². The molecule has 1 aromatic rings. The van der Waals surface area contributed by atoms with Crippen molar-refractivity contribution >= 4 is 11.3 Å². The van der Waals surface area contributed by atoms with E-state index in [4.69, 9.17) is 4.74 Å². The van der Waals surface area contributed by atoms with E-state index in [1.165, 1.54) is 5.01 Å². The predicted molar refractivity (Wildman–Crippen MR) is 53.1 cm³/mol. The summed E-state index contributed by atoms with van der Waals surface area (Å²) in [5.74, 6) is 0.443. The average molecular weight is 198 g/mol. The Labute approximate surface area is 82.1 Å². The number of piperidine rings is 1. The normalized spacial score (nSPS) is 29.0. The molecule has 1 aromatic heterocycles. The molecular weight excluding hydrogens is 184 g/mol. The highest BCUT2D eigenvalue weighted by atomic mass is 32.1. The van der Waals surface area contributed by atoms with Gasteiger partial charge in [0.05, 0.1) is 11.1 Å². The number of methoxy groups -OCH3 is 1. The van der Waals surface area contributed by atoms with E-state index in [0.29, 0.717) is 12.0 Å². The first-order chi connectivity index (χ1) is 6.42. The molecule has 2 rings (SSSR count). The van der Waals surface area contributed by atoms with E-state index in [9.17, 15) is 0 Å². The Morgan fingerprint density at radius 1 is 1.69 bits per heavy atom. The van der Waals surface area contributed by atoms with Gasteiger partial charge in [-0.2, -0.15) is 0 Å². The molecule has 2 heterocycles. The van der Waals surface area contributed by atoms with Gasteiger partial charge >= 0.3 is 0 Å². The van der Waals surface area contributed by atoms with Gasteiger partial charge in [-0.05, 0) is 13.0 Å². The molecule has 0 aliphatic carbocycles. The van der Waals surface area contributed by atoms with Gasteiger partial charge in [0, 0.05) is 31.1 Å². The van der Waals surface area contributed by atoms with E-state index in [0.717, 1.165) is 19.5 Å². The smallest absolute Gasteiger partial charge is 0.0994 e. The molecule has 0 spiro atoms. The van der Waals surface area contributed by atoms with Crippen molar-refractivity contribution in [3.8, 4) is 0 Å². The molecule has 0 saturated carbocycles. The van der Waals surface area contributed by atoms with Crippen LogP contribution in [0, 0.1) is 0 Å². The van der Waals surface area contributed by atoms with Crippen LogP contribution in [0.3, 0.4) is 0 Å². The molecule has 2 unspecified atom stereocenters. The summed E-state index contributed by atoms with van der Waals surface area (Å²) in [7, 11) is 1.79. The first-order valence-electron chi connectivity index (χ1n) is 4.54. The Bertz CT molecular complexity index is 250. The minimum atomic E-state index is 0.340. The fourth-order valence-corrected chi connectivity index (χ4v) is 2.57. The highest BCUT2D eigenvalue weighted by Gasteiger charge is 2.27. The molecule has 0 radical (unpaired) electrons. The lowest BCUT2D eigenvalue weighted by Crippen LogP contribution is -2.39. The van der Waals surface area contributed by atoms with Crippen molar-refractivity contribution in [3.05, 3.63) is 16.6 Å². The molecule has 1 aliphatic rings. The van der Waals surface area contributed by atoms with E-state index in [1.54, 1.807) is 18.4 Å². The first-order valence-corrected chi connectivity index (χ1v) is 5.42. The zero-order valence-electron chi connectivity index (χ0n) is 7.69. The second-order valence-corrected chi connectivity index (χ2v) is 4.17. The number of aromatic nitrogens is 1. The molecule has 0 amide bonds. The maximum Gasteiger partial charge on any atom is 0.0994 e. The van der Waals surface area contributed by atoms with Crippen molar-refractivity contribution in [2.45, 2.75) is 18.4 Å². The van der Waals surface area contributed by atoms with E-state index < -0.39 is 0 Å².